The van der Waals surface area contributed by atoms with Crippen molar-refractivity contribution in [3.63, 3.8) is 0 Å². The van der Waals surface area contributed by atoms with Gasteiger partial charge < -0.3 is 19.4 Å². The lowest BCUT2D eigenvalue weighted by Gasteiger charge is -2.18. The standard InChI is InChI=1S/C17H12O4/c18-17(19)13-7-10-3-1-2-4-12(10)16(13)11-5-6-14-15(8-11)21-9-20-14/h1-8,16H,9H2,(H,18,19)/p-1. The van der Waals surface area contributed by atoms with Gasteiger partial charge in [0.2, 0.25) is 6.79 Å². The van der Waals surface area contributed by atoms with E-state index in [4.69, 9.17) is 9.47 Å². The summed E-state index contributed by atoms with van der Waals surface area (Å²) in [5.41, 5.74) is 3.02. The highest BCUT2D eigenvalue weighted by Gasteiger charge is 2.28. The van der Waals surface area contributed by atoms with Gasteiger partial charge in [-0.25, -0.2) is 0 Å². The average Bonchev–Trinajstić information content (AvgIpc) is 3.10. The van der Waals surface area contributed by atoms with Crippen molar-refractivity contribution in [2.24, 2.45) is 0 Å². The zero-order chi connectivity index (χ0) is 14.4. The number of carboxylic acid groups (broad SMARTS) is 1. The zero-order valence-electron chi connectivity index (χ0n) is 11.0. The van der Waals surface area contributed by atoms with Crippen LogP contribution in [0.2, 0.25) is 0 Å². The monoisotopic (exact) mass is 279 g/mol. The Bertz CT molecular complexity index is 776. The van der Waals surface area contributed by atoms with Crippen molar-refractivity contribution in [1.29, 1.82) is 0 Å². The van der Waals surface area contributed by atoms with Gasteiger partial charge in [-0.15, -0.1) is 0 Å². The predicted molar refractivity (Wildman–Crippen MR) is 73.8 cm³/mol. The van der Waals surface area contributed by atoms with Gasteiger partial charge in [0.05, 0.1) is 5.97 Å². The quantitative estimate of drug-likeness (QED) is 0.839. The lowest BCUT2D eigenvalue weighted by Crippen LogP contribution is -2.26. The number of carboxylic acids is 1. The first kappa shape index (κ1) is 12.0. The van der Waals surface area contributed by atoms with Crippen LogP contribution in [0.3, 0.4) is 0 Å². The third-order valence-electron chi connectivity index (χ3n) is 3.89. The van der Waals surface area contributed by atoms with Gasteiger partial charge in [-0.2, -0.15) is 0 Å². The summed E-state index contributed by atoms with van der Waals surface area (Å²) in [7, 11) is 0. The summed E-state index contributed by atoms with van der Waals surface area (Å²) in [4.78, 5) is 11.5. The first-order valence-corrected chi connectivity index (χ1v) is 6.65. The summed E-state index contributed by atoms with van der Waals surface area (Å²) in [6, 6.07) is 13.2. The Hall–Kier alpha value is -2.75. The van der Waals surface area contributed by atoms with E-state index in [0.717, 1.165) is 16.7 Å². The number of benzene rings is 2. The maximum atomic E-state index is 11.5. The fourth-order valence-corrected chi connectivity index (χ4v) is 2.95. The molecule has 0 radical (unpaired) electrons. The molecular formula is C17H11O4-. The number of hydrogen-bond acceptors (Lipinski definition) is 4. The molecule has 0 aromatic heterocycles. The van der Waals surface area contributed by atoms with E-state index in [1.165, 1.54) is 0 Å². The van der Waals surface area contributed by atoms with Crippen LogP contribution in [0, 0.1) is 0 Å². The summed E-state index contributed by atoms with van der Waals surface area (Å²) in [5.74, 6) is -0.145. The number of carbonyl (C=O) groups is 1. The molecular weight excluding hydrogens is 268 g/mol. The Morgan fingerprint density at radius 1 is 1.10 bits per heavy atom. The minimum absolute atomic E-state index is 0.198. The Morgan fingerprint density at radius 3 is 2.76 bits per heavy atom. The molecule has 4 nitrogen and oxygen atoms in total. The fraction of sp³-hybridized carbons (Fsp3) is 0.118. The third-order valence-corrected chi connectivity index (χ3v) is 3.89. The lowest BCUT2D eigenvalue weighted by molar-refractivity contribution is -0.299. The van der Waals surface area contributed by atoms with Gasteiger partial charge in [0.1, 0.15) is 0 Å². The van der Waals surface area contributed by atoms with Crippen LogP contribution >= 0.6 is 0 Å². The molecule has 2 aromatic rings. The van der Waals surface area contributed by atoms with E-state index in [2.05, 4.69) is 0 Å². The van der Waals surface area contributed by atoms with Gasteiger partial charge in [0.15, 0.2) is 11.5 Å². The van der Waals surface area contributed by atoms with E-state index in [9.17, 15) is 9.90 Å². The molecule has 2 aromatic carbocycles. The van der Waals surface area contributed by atoms with Crippen LogP contribution < -0.4 is 14.6 Å². The molecule has 4 rings (SSSR count). The van der Waals surface area contributed by atoms with E-state index in [0.29, 0.717) is 11.5 Å². The van der Waals surface area contributed by atoms with Gasteiger partial charge in [0.25, 0.3) is 0 Å². The summed E-state index contributed by atoms with van der Waals surface area (Å²) in [5, 5.41) is 11.5. The minimum atomic E-state index is -1.14. The van der Waals surface area contributed by atoms with E-state index in [1.807, 2.05) is 42.5 Å². The second kappa shape index (κ2) is 4.38. The van der Waals surface area contributed by atoms with Crippen molar-refractivity contribution in [3.8, 4) is 11.5 Å². The maximum absolute atomic E-state index is 11.5. The molecule has 1 unspecified atom stereocenters. The van der Waals surface area contributed by atoms with Crippen LogP contribution in [0.1, 0.15) is 22.6 Å². The molecule has 0 bridgehead atoms. The van der Waals surface area contributed by atoms with Gasteiger partial charge in [-0.1, -0.05) is 30.3 Å². The summed E-state index contributed by atoms with van der Waals surface area (Å²) in [6.45, 7) is 0.198. The van der Waals surface area contributed by atoms with Crippen LogP contribution in [0.15, 0.2) is 48.0 Å². The molecule has 21 heavy (non-hydrogen) atoms. The highest BCUT2D eigenvalue weighted by molar-refractivity contribution is 5.96. The topological polar surface area (TPSA) is 58.6 Å². The zero-order valence-corrected chi connectivity index (χ0v) is 11.0. The lowest BCUT2D eigenvalue weighted by atomic mass is 9.88. The Kier molecular flexibility index (Phi) is 2.51. The molecule has 4 heteroatoms. The van der Waals surface area contributed by atoms with Gasteiger partial charge in [-0.05, 0) is 40.5 Å². The Labute approximate surface area is 121 Å². The molecule has 0 amide bonds. The SMILES string of the molecule is O=C([O-])C1=Cc2ccccc2C1c1ccc2c(c1)OCO2. The molecule has 0 N–H and O–H groups in total. The molecule has 0 fully saturated rings. The Balaban J connectivity index is 1.86. The first-order chi connectivity index (χ1) is 10.2. The number of rotatable bonds is 2. The average molecular weight is 279 g/mol. The fourth-order valence-electron chi connectivity index (χ4n) is 2.95. The van der Waals surface area contributed by atoms with Gasteiger partial charge in [0, 0.05) is 5.92 Å². The van der Waals surface area contributed by atoms with Crippen molar-refractivity contribution in [1.82, 2.24) is 0 Å². The highest BCUT2D eigenvalue weighted by atomic mass is 16.7. The van der Waals surface area contributed by atoms with Crippen molar-refractivity contribution in [2.75, 3.05) is 6.79 Å². The molecule has 1 heterocycles. The Morgan fingerprint density at radius 2 is 1.90 bits per heavy atom. The van der Waals surface area contributed by atoms with E-state index >= 15 is 0 Å². The molecule has 1 aliphatic heterocycles. The van der Waals surface area contributed by atoms with E-state index < -0.39 is 5.97 Å². The largest absolute Gasteiger partial charge is 0.545 e. The molecule has 104 valence electrons. The number of fused-ring (bicyclic) bond motifs is 2. The van der Waals surface area contributed by atoms with Crippen LogP contribution in [-0.4, -0.2) is 12.8 Å². The van der Waals surface area contributed by atoms with E-state index in [1.54, 1.807) is 6.08 Å². The smallest absolute Gasteiger partial charge is 0.231 e. The van der Waals surface area contributed by atoms with E-state index in [-0.39, 0.29) is 18.3 Å². The number of aliphatic carboxylic acids is 1. The highest BCUT2D eigenvalue weighted by Crippen LogP contribution is 2.43. The predicted octanol–water partition coefficient (Wildman–Crippen LogP) is 1.69. The molecule has 0 saturated heterocycles. The summed E-state index contributed by atoms with van der Waals surface area (Å²) in [6.07, 6.45) is 1.68. The third kappa shape index (κ3) is 1.80. The first-order valence-electron chi connectivity index (χ1n) is 6.65. The minimum Gasteiger partial charge on any atom is -0.545 e. The maximum Gasteiger partial charge on any atom is 0.231 e. The van der Waals surface area contributed by atoms with Crippen molar-refractivity contribution in [2.45, 2.75) is 5.92 Å². The molecule has 0 saturated carbocycles. The summed E-state index contributed by atoms with van der Waals surface area (Å²) < 4.78 is 10.7. The van der Waals surface area contributed by atoms with Crippen molar-refractivity contribution >= 4 is 12.0 Å². The number of hydrogen-bond donors (Lipinski definition) is 0. The molecule has 2 aliphatic rings. The van der Waals surface area contributed by atoms with Crippen LogP contribution in [-0.2, 0) is 4.79 Å². The second-order valence-electron chi connectivity index (χ2n) is 5.06. The van der Waals surface area contributed by atoms with Crippen LogP contribution in [0.25, 0.3) is 6.08 Å². The second-order valence-corrected chi connectivity index (χ2v) is 5.06. The number of ether oxygens (including phenoxy) is 2. The van der Waals surface area contributed by atoms with Gasteiger partial charge in [-0.3, -0.25) is 0 Å². The summed E-state index contributed by atoms with van der Waals surface area (Å²) >= 11 is 0. The number of carbonyl (C=O) groups excluding carboxylic acids is 1. The van der Waals surface area contributed by atoms with Crippen molar-refractivity contribution < 1.29 is 19.4 Å². The van der Waals surface area contributed by atoms with Gasteiger partial charge >= 0.3 is 0 Å². The van der Waals surface area contributed by atoms with Crippen LogP contribution in [0.5, 0.6) is 11.5 Å². The normalized spacial score (nSPS) is 18.3. The van der Waals surface area contributed by atoms with Crippen molar-refractivity contribution in [3.05, 3.63) is 64.7 Å². The molecule has 0 spiro atoms. The van der Waals surface area contributed by atoms with Crippen LogP contribution in [0.4, 0.5) is 0 Å². The molecule has 1 atom stereocenters. The molecule has 1 aliphatic carbocycles.